The summed E-state index contributed by atoms with van der Waals surface area (Å²) in [6.07, 6.45) is 0. The van der Waals surface area contributed by atoms with Crippen LogP contribution in [0.25, 0.3) is 10.8 Å². The molecule has 156 valence electrons. The van der Waals surface area contributed by atoms with Gasteiger partial charge in [0.1, 0.15) is 6.54 Å². The summed E-state index contributed by atoms with van der Waals surface area (Å²) in [4.78, 5) is 12.8. The van der Waals surface area contributed by atoms with Crippen molar-refractivity contribution in [2.24, 2.45) is 0 Å². The van der Waals surface area contributed by atoms with Gasteiger partial charge in [-0.15, -0.1) is 0 Å². The Morgan fingerprint density at radius 1 is 1.00 bits per heavy atom. The number of benzene rings is 3. The molecule has 0 saturated heterocycles. The predicted octanol–water partition coefficient (Wildman–Crippen LogP) is 2.24. The Kier molecular flexibility index (Phi) is 4.80. The Labute approximate surface area is 174 Å². The SMILES string of the molecule is CN(C)S(=O)(=O)c1ccc(NC(=O)CN2c3cccc4cccc(c34)S2(=O)=O)cc1. The summed E-state index contributed by atoms with van der Waals surface area (Å²) in [5, 5.41) is 4.01. The fraction of sp³-hybridized carbons (Fsp3) is 0.150. The minimum atomic E-state index is -3.83. The number of hydrogen-bond acceptors (Lipinski definition) is 5. The van der Waals surface area contributed by atoms with Gasteiger partial charge in [0.2, 0.25) is 15.9 Å². The largest absolute Gasteiger partial charge is 0.325 e. The second-order valence-electron chi connectivity index (χ2n) is 7.00. The van der Waals surface area contributed by atoms with Crippen LogP contribution in [0.2, 0.25) is 0 Å². The Bertz CT molecular complexity index is 1360. The third-order valence-electron chi connectivity index (χ3n) is 4.89. The molecule has 3 aromatic rings. The standard InChI is InChI=1S/C20H19N3O5S2/c1-22(2)29(25,26)16-11-9-15(10-12-16)21-19(24)13-23-17-7-3-5-14-6-4-8-18(20(14)17)30(23,27)28/h3-12H,13H2,1-2H3,(H,21,24). The van der Waals surface area contributed by atoms with Crippen LogP contribution in [0.4, 0.5) is 11.4 Å². The lowest BCUT2D eigenvalue weighted by Gasteiger charge is -2.18. The smallest absolute Gasteiger partial charge is 0.265 e. The van der Waals surface area contributed by atoms with Crippen molar-refractivity contribution in [1.29, 1.82) is 0 Å². The summed E-state index contributed by atoms with van der Waals surface area (Å²) in [6, 6.07) is 16.0. The van der Waals surface area contributed by atoms with Crippen LogP contribution in [0.15, 0.2) is 70.5 Å². The molecule has 8 nitrogen and oxygen atoms in total. The molecule has 0 saturated carbocycles. The number of carbonyl (C=O) groups is 1. The topological polar surface area (TPSA) is 104 Å². The van der Waals surface area contributed by atoms with Crippen molar-refractivity contribution in [3.63, 3.8) is 0 Å². The maximum atomic E-state index is 12.9. The van der Waals surface area contributed by atoms with E-state index in [0.29, 0.717) is 16.8 Å². The van der Waals surface area contributed by atoms with E-state index in [1.165, 1.54) is 44.4 Å². The van der Waals surface area contributed by atoms with Crippen LogP contribution in [0.1, 0.15) is 0 Å². The van der Waals surface area contributed by atoms with Crippen molar-refractivity contribution >= 4 is 48.1 Å². The summed E-state index contributed by atoms with van der Waals surface area (Å²) < 4.78 is 52.3. The quantitative estimate of drug-likeness (QED) is 0.649. The minimum Gasteiger partial charge on any atom is -0.325 e. The van der Waals surface area contributed by atoms with Crippen molar-refractivity contribution in [2.75, 3.05) is 30.3 Å². The second-order valence-corrected chi connectivity index (χ2v) is 11.0. The fourth-order valence-corrected chi connectivity index (χ4v) is 5.95. The molecule has 0 unspecified atom stereocenters. The molecule has 0 spiro atoms. The Balaban J connectivity index is 1.56. The van der Waals surface area contributed by atoms with Gasteiger partial charge in [-0.05, 0) is 41.8 Å². The van der Waals surface area contributed by atoms with Gasteiger partial charge in [-0.25, -0.2) is 21.1 Å². The van der Waals surface area contributed by atoms with E-state index in [0.717, 1.165) is 14.0 Å². The zero-order valence-electron chi connectivity index (χ0n) is 16.2. The molecule has 4 rings (SSSR count). The van der Waals surface area contributed by atoms with Crippen LogP contribution in [0, 0.1) is 0 Å². The number of nitrogens with one attached hydrogen (secondary N) is 1. The molecule has 0 aromatic heterocycles. The highest BCUT2D eigenvalue weighted by Crippen LogP contribution is 2.41. The number of hydrogen-bond donors (Lipinski definition) is 1. The van der Waals surface area contributed by atoms with Crippen molar-refractivity contribution in [3.8, 4) is 0 Å². The number of sulfonamides is 2. The van der Waals surface area contributed by atoms with Crippen molar-refractivity contribution in [2.45, 2.75) is 9.79 Å². The highest BCUT2D eigenvalue weighted by atomic mass is 32.2. The number of rotatable bonds is 5. The second kappa shape index (κ2) is 7.08. The third kappa shape index (κ3) is 3.22. The van der Waals surface area contributed by atoms with Crippen LogP contribution in [-0.2, 0) is 24.8 Å². The molecule has 1 aliphatic heterocycles. The zero-order valence-corrected chi connectivity index (χ0v) is 17.9. The first-order valence-corrected chi connectivity index (χ1v) is 11.9. The van der Waals surface area contributed by atoms with E-state index >= 15 is 0 Å². The van der Waals surface area contributed by atoms with Crippen molar-refractivity contribution in [1.82, 2.24) is 4.31 Å². The lowest BCUT2D eigenvalue weighted by molar-refractivity contribution is -0.114. The monoisotopic (exact) mass is 445 g/mol. The van der Waals surface area contributed by atoms with Gasteiger partial charge >= 0.3 is 0 Å². The van der Waals surface area contributed by atoms with Crippen LogP contribution in [0.5, 0.6) is 0 Å². The number of carbonyl (C=O) groups excluding carboxylic acids is 1. The normalized spacial score (nSPS) is 15.0. The predicted molar refractivity (Wildman–Crippen MR) is 114 cm³/mol. The first-order chi connectivity index (χ1) is 14.1. The first-order valence-electron chi connectivity index (χ1n) is 8.99. The number of amides is 1. The van der Waals surface area contributed by atoms with Crippen molar-refractivity contribution in [3.05, 3.63) is 60.7 Å². The lowest BCUT2D eigenvalue weighted by Crippen LogP contribution is -2.35. The molecule has 1 heterocycles. The average Bonchev–Trinajstić information content (AvgIpc) is 2.92. The van der Waals surface area contributed by atoms with Gasteiger partial charge in [0.15, 0.2) is 0 Å². The van der Waals surface area contributed by atoms with E-state index in [-0.39, 0.29) is 9.79 Å². The third-order valence-corrected chi connectivity index (χ3v) is 8.52. The fourth-order valence-electron chi connectivity index (χ4n) is 3.38. The summed E-state index contributed by atoms with van der Waals surface area (Å²) in [5.74, 6) is -0.536. The molecule has 1 aliphatic rings. The molecule has 10 heteroatoms. The molecule has 1 amide bonds. The molecule has 0 bridgehead atoms. The van der Waals surface area contributed by atoms with Gasteiger partial charge in [0.05, 0.1) is 15.5 Å². The molecular weight excluding hydrogens is 426 g/mol. The highest BCUT2D eigenvalue weighted by Gasteiger charge is 2.36. The summed E-state index contributed by atoms with van der Waals surface area (Å²) in [5.41, 5.74) is 0.829. The van der Waals surface area contributed by atoms with E-state index in [1.54, 1.807) is 18.2 Å². The minimum absolute atomic E-state index is 0.0924. The van der Waals surface area contributed by atoms with E-state index < -0.39 is 32.5 Å². The Morgan fingerprint density at radius 3 is 2.27 bits per heavy atom. The molecule has 30 heavy (non-hydrogen) atoms. The summed E-state index contributed by atoms with van der Waals surface area (Å²) >= 11 is 0. The Morgan fingerprint density at radius 2 is 1.63 bits per heavy atom. The van der Waals surface area contributed by atoms with Crippen LogP contribution < -0.4 is 9.62 Å². The van der Waals surface area contributed by atoms with Gasteiger partial charge < -0.3 is 5.32 Å². The lowest BCUT2D eigenvalue weighted by atomic mass is 10.1. The maximum Gasteiger partial charge on any atom is 0.265 e. The molecule has 0 aliphatic carbocycles. The zero-order chi connectivity index (χ0) is 21.7. The van der Waals surface area contributed by atoms with Gasteiger partial charge in [-0.1, -0.05) is 24.3 Å². The van der Waals surface area contributed by atoms with E-state index in [4.69, 9.17) is 0 Å². The van der Waals surface area contributed by atoms with Gasteiger partial charge in [-0.2, -0.15) is 0 Å². The molecule has 0 fully saturated rings. The van der Waals surface area contributed by atoms with Gasteiger partial charge in [-0.3, -0.25) is 9.10 Å². The van der Waals surface area contributed by atoms with Crippen LogP contribution in [-0.4, -0.2) is 47.7 Å². The summed E-state index contributed by atoms with van der Waals surface area (Å²) in [7, 11) is -4.55. The number of anilines is 2. The van der Waals surface area contributed by atoms with E-state index in [1.807, 2.05) is 12.1 Å². The molecule has 0 atom stereocenters. The van der Waals surface area contributed by atoms with Crippen LogP contribution >= 0.6 is 0 Å². The molecule has 0 radical (unpaired) electrons. The van der Waals surface area contributed by atoms with Crippen molar-refractivity contribution < 1.29 is 21.6 Å². The molecule has 3 aromatic carbocycles. The summed E-state index contributed by atoms with van der Waals surface area (Å²) in [6.45, 7) is -0.395. The van der Waals surface area contributed by atoms with Gasteiger partial charge in [0, 0.05) is 25.2 Å². The van der Waals surface area contributed by atoms with E-state index in [9.17, 15) is 21.6 Å². The molecule has 1 N–H and O–H groups in total. The molecular formula is C20H19N3O5S2. The highest BCUT2D eigenvalue weighted by molar-refractivity contribution is 7.93. The van der Waals surface area contributed by atoms with Crippen LogP contribution in [0.3, 0.4) is 0 Å². The Hall–Kier alpha value is -2.95. The first kappa shape index (κ1) is 20.3. The van der Waals surface area contributed by atoms with Gasteiger partial charge in [0.25, 0.3) is 10.0 Å². The number of nitrogens with zero attached hydrogens (tertiary/aromatic N) is 2. The maximum absolute atomic E-state index is 12.9. The average molecular weight is 446 g/mol. The van der Waals surface area contributed by atoms with E-state index in [2.05, 4.69) is 5.32 Å².